The summed E-state index contributed by atoms with van der Waals surface area (Å²) < 4.78 is 26.8. The molecule has 1 saturated heterocycles. The van der Waals surface area contributed by atoms with E-state index in [4.69, 9.17) is 0 Å². The molecule has 0 aromatic heterocycles. The highest BCUT2D eigenvalue weighted by atomic mass is 79.9. The van der Waals surface area contributed by atoms with E-state index in [-0.39, 0.29) is 28.1 Å². The lowest BCUT2D eigenvalue weighted by molar-refractivity contribution is -0.942. The SMILES string of the molecule is Br.CC[N+]1(Cc2ccc(C(C)(C)C)cc2)CCN(S(=O)(=O)CC)CC1. The van der Waals surface area contributed by atoms with Gasteiger partial charge in [0.15, 0.2) is 0 Å². The topological polar surface area (TPSA) is 37.4 Å². The van der Waals surface area contributed by atoms with Gasteiger partial charge in [-0.25, -0.2) is 8.42 Å². The monoisotopic (exact) mass is 433 g/mol. The predicted octanol–water partition coefficient (Wildman–Crippen LogP) is 3.56. The van der Waals surface area contributed by atoms with Crippen LogP contribution in [0.4, 0.5) is 0 Å². The Morgan fingerprint density at radius 1 is 1.04 bits per heavy atom. The summed E-state index contributed by atoms with van der Waals surface area (Å²) in [5.41, 5.74) is 2.88. The maximum Gasteiger partial charge on any atom is 0.214 e. The Balaban J connectivity index is 0.00000312. The summed E-state index contributed by atoms with van der Waals surface area (Å²) >= 11 is 0. The van der Waals surface area contributed by atoms with Crippen molar-refractivity contribution in [3.05, 3.63) is 35.4 Å². The summed E-state index contributed by atoms with van der Waals surface area (Å²) in [6.07, 6.45) is 0. The van der Waals surface area contributed by atoms with Gasteiger partial charge in [0.2, 0.25) is 10.0 Å². The summed E-state index contributed by atoms with van der Waals surface area (Å²) in [5, 5.41) is 0. The molecule has 2 rings (SSSR count). The van der Waals surface area contributed by atoms with Gasteiger partial charge in [-0.1, -0.05) is 45.0 Å². The second-order valence-electron chi connectivity index (χ2n) is 8.01. The van der Waals surface area contributed by atoms with Crippen LogP contribution in [-0.4, -0.2) is 55.7 Å². The number of rotatable bonds is 5. The van der Waals surface area contributed by atoms with E-state index in [1.807, 2.05) is 0 Å². The Bertz CT molecular complexity index is 643. The van der Waals surface area contributed by atoms with Crippen molar-refractivity contribution < 1.29 is 12.9 Å². The molecule has 0 saturated carbocycles. The van der Waals surface area contributed by atoms with Crippen LogP contribution in [0.25, 0.3) is 0 Å². The first-order valence-electron chi connectivity index (χ1n) is 9.04. The number of hydrogen-bond acceptors (Lipinski definition) is 2. The molecule has 4 nitrogen and oxygen atoms in total. The van der Waals surface area contributed by atoms with Gasteiger partial charge in [0.25, 0.3) is 0 Å². The highest BCUT2D eigenvalue weighted by Gasteiger charge is 2.35. The van der Waals surface area contributed by atoms with E-state index in [0.717, 1.165) is 30.7 Å². The summed E-state index contributed by atoms with van der Waals surface area (Å²) in [6, 6.07) is 8.95. The normalized spacial score (nSPS) is 18.6. The van der Waals surface area contributed by atoms with Crippen LogP contribution >= 0.6 is 17.0 Å². The summed E-state index contributed by atoms with van der Waals surface area (Å²) in [4.78, 5) is 0. The number of quaternary nitrogens is 1. The van der Waals surface area contributed by atoms with Crippen LogP contribution in [0.5, 0.6) is 0 Å². The minimum absolute atomic E-state index is 0. The van der Waals surface area contributed by atoms with Crippen molar-refractivity contribution in [1.29, 1.82) is 0 Å². The number of piperazine rings is 1. The molecule has 1 fully saturated rings. The molecule has 0 aliphatic carbocycles. The molecule has 0 atom stereocenters. The van der Waals surface area contributed by atoms with Crippen molar-refractivity contribution in [2.45, 2.75) is 46.6 Å². The van der Waals surface area contributed by atoms with Gasteiger partial charge in [0, 0.05) is 5.56 Å². The average Bonchev–Trinajstić information content (AvgIpc) is 2.55. The number of hydrogen-bond donors (Lipinski definition) is 0. The Hall–Kier alpha value is -0.430. The Labute approximate surface area is 164 Å². The van der Waals surface area contributed by atoms with E-state index < -0.39 is 10.0 Å². The highest BCUT2D eigenvalue weighted by molar-refractivity contribution is 8.93. The molecule has 25 heavy (non-hydrogen) atoms. The molecule has 1 aromatic rings. The second kappa shape index (κ2) is 8.51. The molecule has 0 spiro atoms. The fourth-order valence-corrected chi connectivity index (χ4v) is 4.50. The fourth-order valence-electron chi connectivity index (χ4n) is 3.42. The Kier molecular flexibility index (Phi) is 7.69. The van der Waals surface area contributed by atoms with Gasteiger partial charge >= 0.3 is 0 Å². The van der Waals surface area contributed by atoms with Crippen LogP contribution in [0.15, 0.2) is 24.3 Å². The molecule has 0 amide bonds. The molecule has 0 unspecified atom stereocenters. The van der Waals surface area contributed by atoms with Gasteiger partial charge < -0.3 is 4.48 Å². The molecule has 0 N–H and O–H groups in total. The molecule has 0 radical (unpaired) electrons. The van der Waals surface area contributed by atoms with Gasteiger partial charge in [-0.2, -0.15) is 4.31 Å². The fraction of sp³-hybridized carbons (Fsp3) is 0.684. The molecule has 1 aliphatic heterocycles. The third-order valence-electron chi connectivity index (χ3n) is 5.41. The zero-order chi connectivity index (χ0) is 18.0. The summed E-state index contributed by atoms with van der Waals surface area (Å²) in [7, 11) is -3.05. The molecule has 1 heterocycles. The van der Waals surface area contributed by atoms with E-state index in [1.165, 1.54) is 11.1 Å². The van der Waals surface area contributed by atoms with Crippen molar-refractivity contribution in [3.63, 3.8) is 0 Å². The third kappa shape index (κ3) is 5.52. The zero-order valence-corrected chi connectivity index (χ0v) is 18.8. The first kappa shape index (κ1) is 22.6. The lowest BCUT2D eigenvalue weighted by Gasteiger charge is -2.44. The quantitative estimate of drug-likeness (QED) is 0.665. The third-order valence-corrected chi connectivity index (χ3v) is 7.30. The summed E-state index contributed by atoms with van der Waals surface area (Å²) in [6.45, 7) is 15.8. The molecule has 144 valence electrons. The van der Waals surface area contributed by atoms with Gasteiger partial charge in [0.1, 0.15) is 6.54 Å². The van der Waals surface area contributed by atoms with E-state index in [0.29, 0.717) is 13.1 Å². The van der Waals surface area contributed by atoms with Crippen LogP contribution in [0, 0.1) is 0 Å². The van der Waals surface area contributed by atoms with E-state index in [2.05, 4.69) is 52.0 Å². The van der Waals surface area contributed by atoms with Gasteiger partial charge in [-0.3, -0.25) is 0 Å². The predicted molar refractivity (Wildman–Crippen MR) is 111 cm³/mol. The van der Waals surface area contributed by atoms with E-state index in [1.54, 1.807) is 11.2 Å². The Morgan fingerprint density at radius 3 is 1.96 bits per heavy atom. The molecular weight excluding hydrogens is 400 g/mol. The number of benzene rings is 1. The van der Waals surface area contributed by atoms with Gasteiger partial charge in [-0.05, 0) is 24.8 Å². The number of halogens is 1. The smallest absolute Gasteiger partial charge is 0.214 e. The van der Waals surface area contributed by atoms with Crippen LogP contribution in [0.2, 0.25) is 0 Å². The second-order valence-corrected chi connectivity index (χ2v) is 10.3. The maximum absolute atomic E-state index is 12.1. The minimum atomic E-state index is -3.05. The van der Waals surface area contributed by atoms with E-state index >= 15 is 0 Å². The molecule has 1 aliphatic rings. The van der Waals surface area contributed by atoms with E-state index in [9.17, 15) is 8.42 Å². The zero-order valence-electron chi connectivity index (χ0n) is 16.3. The standard InChI is InChI=1S/C19H33N2O2S.BrH/c1-6-21(14-12-20(13-15-21)24(22,23)7-2)16-17-8-10-18(11-9-17)19(3,4)5;/h8-11H,6-7,12-16H2,1-5H3;1H/q+1;. The van der Waals surface area contributed by atoms with Crippen molar-refractivity contribution in [3.8, 4) is 0 Å². The molecule has 0 bridgehead atoms. The number of likely N-dealkylation sites (N-methyl/N-ethyl adjacent to an activating group) is 1. The first-order chi connectivity index (χ1) is 11.1. The molecule has 1 aromatic carbocycles. The van der Waals surface area contributed by atoms with Crippen molar-refractivity contribution in [2.75, 3.05) is 38.5 Å². The van der Waals surface area contributed by atoms with Crippen LogP contribution in [-0.2, 0) is 22.0 Å². The van der Waals surface area contributed by atoms with Crippen molar-refractivity contribution in [2.24, 2.45) is 0 Å². The average molecular weight is 434 g/mol. The number of nitrogens with zero attached hydrogens (tertiary/aromatic N) is 2. The minimum Gasteiger partial charge on any atom is -0.318 e. The largest absolute Gasteiger partial charge is 0.318 e. The summed E-state index contributed by atoms with van der Waals surface area (Å²) in [5.74, 6) is 0.202. The number of sulfonamides is 1. The maximum atomic E-state index is 12.1. The molecular formula is C19H34BrN2O2S+. The van der Waals surface area contributed by atoms with Crippen LogP contribution < -0.4 is 0 Å². The first-order valence-corrected chi connectivity index (χ1v) is 10.7. The van der Waals surface area contributed by atoms with Crippen LogP contribution in [0.3, 0.4) is 0 Å². The Morgan fingerprint density at radius 2 is 1.56 bits per heavy atom. The lowest BCUT2D eigenvalue weighted by Crippen LogP contribution is -2.59. The highest BCUT2D eigenvalue weighted by Crippen LogP contribution is 2.24. The molecule has 6 heteroatoms. The lowest BCUT2D eigenvalue weighted by atomic mass is 9.86. The van der Waals surface area contributed by atoms with Crippen molar-refractivity contribution in [1.82, 2.24) is 4.31 Å². The van der Waals surface area contributed by atoms with Crippen LogP contribution in [0.1, 0.15) is 45.7 Å². The van der Waals surface area contributed by atoms with Gasteiger partial charge in [-0.15, -0.1) is 17.0 Å². The van der Waals surface area contributed by atoms with Gasteiger partial charge in [0.05, 0.1) is 38.5 Å². The van der Waals surface area contributed by atoms with Crippen molar-refractivity contribution >= 4 is 27.0 Å².